The summed E-state index contributed by atoms with van der Waals surface area (Å²) in [7, 11) is 0. The second kappa shape index (κ2) is 3.42. The molecule has 15 heavy (non-hydrogen) atoms. The van der Waals surface area contributed by atoms with E-state index in [1.54, 1.807) is 0 Å². The first-order valence-electron chi connectivity index (χ1n) is 5.81. The molecule has 1 saturated heterocycles. The molecule has 3 aliphatic rings. The molecule has 1 atom stereocenters. The third kappa shape index (κ3) is 1.45. The topological polar surface area (TPSA) is 35.5 Å². The van der Waals surface area contributed by atoms with Crippen LogP contribution in [0.2, 0.25) is 0 Å². The van der Waals surface area contributed by atoms with Gasteiger partial charge >= 0.3 is 0 Å². The molecule has 0 aromatic heterocycles. The van der Waals surface area contributed by atoms with Gasteiger partial charge in [0.05, 0.1) is 13.2 Å². The van der Waals surface area contributed by atoms with Gasteiger partial charge in [-0.15, -0.1) is 0 Å². The molecule has 1 unspecified atom stereocenters. The molecular formula is C12H16O3. The van der Waals surface area contributed by atoms with Gasteiger partial charge in [0.15, 0.2) is 11.6 Å². The maximum absolute atomic E-state index is 11.4. The average molecular weight is 208 g/mol. The lowest BCUT2D eigenvalue weighted by Crippen LogP contribution is -2.44. The van der Waals surface area contributed by atoms with Crippen molar-refractivity contribution in [2.45, 2.75) is 37.9 Å². The summed E-state index contributed by atoms with van der Waals surface area (Å²) < 4.78 is 11.6. The van der Waals surface area contributed by atoms with Gasteiger partial charge in [-0.2, -0.15) is 0 Å². The van der Waals surface area contributed by atoms with Gasteiger partial charge in [0, 0.05) is 18.8 Å². The van der Waals surface area contributed by atoms with Gasteiger partial charge in [-0.3, -0.25) is 4.79 Å². The molecule has 1 aliphatic heterocycles. The normalized spacial score (nSPS) is 34.0. The zero-order valence-electron chi connectivity index (χ0n) is 8.83. The Balaban J connectivity index is 1.92. The van der Waals surface area contributed by atoms with Crippen LogP contribution in [0.1, 0.15) is 32.1 Å². The van der Waals surface area contributed by atoms with Gasteiger partial charge in [-0.25, -0.2) is 0 Å². The third-order valence-corrected chi connectivity index (χ3v) is 3.77. The first kappa shape index (κ1) is 9.55. The van der Waals surface area contributed by atoms with E-state index < -0.39 is 0 Å². The second-order valence-electron chi connectivity index (χ2n) is 4.64. The number of rotatable bonds is 0. The van der Waals surface area contributed by atoms with E-state index in [2.05, 4.69) is 0 Å². The summed E-state index contributed by atoms with van der Waals surface area (Å²) in [5, 5.41) is 0. The first-order valence-corrected chi connectivity index (χ1v) is 5.81. The average Bonchev–Trinajstić information content (AvgIpc) is 2.67. The third-order valence-electron chi connectivity index (χ3n) is 3.77. The van der Waals surface area contributed by atoms with Gasteiger partial charge < -0.3 is 9.47 Å². The number of fused-ring (bicyclic) bond motifs is 2. The standard InChI is InChI=1S/C12H16O3/c13-10-3-4-11-9(8-10)2-1-5-12(11)14-6-7-15-12/h8,11H,1-7H2. The molecular weight excluding hydrogens is 192 g/mol. The molecule has 3 nitrogen and oxygen atoms in total. The summed E-state index contributed by atoms with van der Waals surface area (Å²) >= 11 is 0. The summed E-state index contributed by atoms with van der Waals surface area (Å²) in [6, 6.07) is 0. The van der Waals surface area contributed by atoms with Crippen LogP contribution in [0.4, 0.5) is 0 Å². The predicted molar refractivity (Wildman–Crippen MR) is 54.3 cm³/mol. The molecule has 82 valence electrons. The SMILES string of the molecule is O=C1C=C2CCCC3(OCCO3)C2CC1. The van der Waals surface area contributed by atoms with Crippen molar-refractivity contribution in [1.82, 2.24) is 0 Å². The highest BCUT2D eigenvalue weighted by atomic mass is 16.7. The maximum Gasteiger partial charge on any atom is 0.174 e. The Morgan fingerprint density at radius 3 is 2.87 bits per heavy atom. The summed E-state index contributed by atoms with van der Waals surface area (Å²) in [5.74, 6) is 0.243. The molecule has 1 heterocycles. The van der Waals surface area contributed by atoms with Gasteiger partial charge in [-0.1, -0.05) is 5.57 Å². The zero-order valence-corrected chi connectivity index (χ0v) is 8.83. The van der Waals surface area contributed by atoms with Gasteiger partial charge in [0.2, 0.25) is 0 Å². The summed E-state index contributed by atoms with van der Waals surface area (Å²) in [6.07, 6.45) is 6.51. The molecule has 0 aromatic rings. The molecule has 2 fully saturated rings. The number of allylic oxidation sites excluding steroid dienone is 1. The monoisotopic (exact) mass is 208 g/mol. The fraction of sp³-hybridized carbons (Fsp3) is 0.750. The summed E-state index contributed by atoms with van der Waals surface area (Å²) in [6.45, 7) is 1.41. The van der Waals surface area contributed by atoms with E-state index in [0.29, 0.717) is 25.6 Å². The Morgan fingerprint density at radius 1 is 1.27 bits per heavy atom. The van der Waals surface area contributed by atoms with Crippen molar-refractivity contribution >= 4 is 5.78 Å². The molecule has 0 radical (unpaired) electrons. The van der Waals surface area contributed by atoms with Gasteiger partial charge in [-0.05, 0) is 25.3 Å². The van der Waals surface area contributed by atoms with Crippen LogP contribution in [0.25, 0.3) is 0 Å². The molecule has 3 rings (SSSR count). The number of hydrogen-bond donors (Lipinski definition) is 0. The van der Waals surface area contributed by atoms with Crippen molar-refractivity contribution in [3.8, 4) is 0 Å². The Morgan fingerprint density at radius 2 is 2.07 bits per heavy atom. The minimum Gasteiger partial charge on any atom is -0.347 e. The number of ether oxygens (including phenoxy) is 2. The minimum atomic E-state index is -0.370. The van der Waals surface area contributed by atoms with Crippen LogP contribution in [-0.2, 0) is 14.3 Å². The fourth-order valence-corrected chi connectivity index (χ4v) is 3.13. The molecule has 0 bridgehead atoms. The first-order chi connectivity index (χ1) is 7.30. The lowest BCUT2D eigenvalue weighted by Gasteiger charge is -2.42. The van der Waals surface area contributed by atoms with E-state index in [-0.39, 0.29) is 11.6 Å². The number of ketones is 1. The van der Waals surface area contributed by atoms with E-state index in [9.17, 15) is 4.79 Å². The van der Waals surface area contributed by atoms with E-state index in [4.69, 9.17) is 9.47 Å². The van der Waals surface area contributed by atoms with E-state index in [1.807, 2.05) is 6.08 Å². The molecule has 0 N–H and O–H groups in total. The van der Waals surface area contributed by atoms with Gasteiger partial charge in [0.1, 0.15) is 0 Å². The van der Waals surface area contributed by atoms with Crippen molar-refractivity contribution in [3.05, 3.63) is 11.6 Å². The molecule has 0 amide bonds. The molecule has 1 saturated carbocycles. The maximum atomic E-state index is 11.4. The zero-order chi connectivity index (χ0) is 10.3. The highest BCUT2D eigenvalue weighted by Gasteiger charge is 2.48. The van der Waals surface area contributed by atoms with E-state index >= 15 is 0 Å². The van der Waals surface area contributed by atoms with Crippen molar-refractivity contribution in [3.63, 3.8) is 0 Å². The Kier molecular flexibility index (Phi) is 2.18. The largest absolute Gasteiger partial charge is 0.347 e. The van der Waals surface area contributed by atoms with Crippen molar-refractivity contribution in [1.29, 1.82) is 0 Å². The second-order valence-corrected chi connectivity index (χ2v) is 4.64. The summed E-state index contributed by atoms with van der Waals surface area (Å²) in [4.78, 5) is 11.4. The van der Waals surface area contributed by atoms with Crippen molar-refractivity contribution in [2.24, 2.45) is 5.92 Å². The number of carbonyl (C=O) groups excluding carboxylic acids is 1. The van der Waals surface area contributed by atoms with Crippen LogP contribution in [-0.4, -0.2) is 24.8 Å². The van der Waals surface area contributed by atoms with Crippen molar-refractivity contribution < 1.29 is 14.3 Å². The molecule has 0 aromatic carbocycles. The van der Waals surface area contributed by atoms with Crippen LogP contribution < -0.4 is 0 Å². The van der Waals surface area contributed by atoms with Crippen LogP contribution in [0, 0.1) is 5.92 Å². The van der Waals surface area contributed by atoms with Crippen LogP contribution in [0.3, 0.4) is 0 Å². The summed E-state index contributed by atoms with van der Waals surface area (Å²) in [5.41, 5.74) is 1.26. The Labute approximate surface area is 89.4 Å². The smallest absolute Gasteiger partial charge is 0.174 e. The fourth-order valence-electron chi connectivity index (χ4n) is 3.13. The highest BCUT2D eigenvalue weighted by molar-refractivity contribution is 5.91. The van der Waals surface area contributed by atoms with Crippen LogP contribution in [0.15, 0.2) is 11.6 Å². The van der Waals surface area contributed by atoms with E-state index in [0.717, 1.165) is 25.7 Å². The highest BCUT2D eigenvalue weighted by Crippen LogP contribution is 2.46. The Bertz CT molecular complexity index is 313. The molecule has 3 heteroatoms. The quantitative estimate of drug-likeness (QED) is 0.609. The van der Waals surface area contributed by atoms with Gasteiger partial charge in [0.25, 0.3) is 0 Å². The van der Waals surface area contributed by atoms with E-state index in [1.165, 1.54) is 5.57 Å². The number of hydrogen-bond acceptors (Lipinski definition) is 3. The van der Waals surface area contributed by atoms with Crippen LogP contribution in [0.5, 0.6) is 0 Å². The van der Waals surface area contributed by atoms with Crippen molar-refractivity contribution in [2.75, 3.05) is 13.2 Å². The predicted octanol–water partition coefficient (Wildman–Crippen LogP) is 1.82. The molecule has 1 spiro atoms. The Hall–Kier alpha value is -0.670. The number of carbonyl (C=O) groups is 1. The molecule has 2 aliphatic carbocycles. The lowest BCUT2D eigenvalue weighted by atomic mass is 9.73. The lowest BCUT2D eigenvalue weighted by molar-refractivity contribution is -0.201. The minimum absolute atomic E-state index is 0.274. The van der Waals surface area contributed by atoms with Crippen LogP contribution >= 0.6 is 0 Å².